The molecule has 18 heavy (non-hydrogen) atoms. The van der Waals surface area contributed by atoms with Crippen molar-refractivity contribution in [1.82, 2.24) is 19.9 Å². The van der Waals surface area contributed by atoms with Crippen LogP contribution in [0.2, 0.25) is 0 Å². The molecule has 0 bridgehead atoms. The van der Waals surface area contributed by atoms with Crippen molar-refractivity contribution in [2.75, 3.05) is 13.6 Å². The van der Waals surface area contributed by atoms with E-state index in [0.717, 1.165) is 25.0 Å². The number of nitrogens with zero attached hydrogens (tertiary/aromatic N) is 3. The van der Waals surface area contributed by atoms with Crippen LogP contribution in [0, 0.1) is 0 Å². The van der Waals surface area contributed by atoms with Crippen LogP contribution in [-0.2, 0) is 10.3 Å². The molecule has 0 spiro atoms. The van der Waals surface area contributed by atoms with Gasteiger partial charge in [-0.15, -0.1) is 0 Å². The Bertz CT molecular complexity index is 533. The average Bonchev–Trinajstić information content (AvgIpc) is 2.69. The molecule has 0 amide bonds. The maximum Gasteiger partial charge on any atom is 0.248 e. The highest BCUT2D eigenvalue weighted by Gasteiger charge is 2.30. The van der Waals surface area contributed by atoms with E-state index in [2.05, 4.69) is 15.3 Å². The van der Waals surface area contributed by atoms with Crippen LogP contribution >= 0.6 is 34.8 Å². The van der Waals surface area contributed by atoms with Crippen molar-refractivity contribution in [3.63, 3.8) is 0 Å². The summed E-state index contributed by atoms with van der Waals surface area (Å²) in [5.41, 5.74) is 1.48. The Morgan fingerprint density at radius 2 is 2.17 bits per heavy atom. The third-order valence-corrected chi connectivity index (χ3v) is 3.09. The topological polar surface area (TPSA) is 42.7 Å². The number of alkyl halides is 3. The SMILES string of the molecule is CNCCCn1c(C(Cl)(Cl)Cl)nc2ncccc21. The molecule has 0 fully saturated rings. The third-order valence-electron chi connectivity index (χ3n) is 2.59. The van der Waals surface area contributed by atoms with E-state index in [1.807, 2.05) is 23.7 Å². The van der Waals surface area contributed by atoms with E-state index >= 15 is 0 Å². The van der Waals surface area contributed by atoms with Crippen LogP contribution in [0.3, 0.4) is 0 Å². The third kappa shape index (κ3) is 2.88. The monoisotopic (exact) mass is 306 g/mol. The van der Waals surface area contributed by atoms with Gasteiger partial charge in [0.2, 0.25) is 3.79 Å². The number of imidazole rings is 1. The van der Waals surface area contributed by atoms with Gasteiger partial charge in [-0.3, -0.25) is 0 Å². The zero-order valence-electron chi connectivity index (χ0n) is 9.83. The van der Waals surface area contributed by atoms with E-state index in [1.54, 1.807) is 6.20 Å². The standard InChI is InChI=1S/C11H13Cl3N4/c1-15-5-3-7-18-8-4-2-6-16-9(8)17-10(18)11(12,13)14/h2,4,6,15H,3,5,7H2,1H3. The Balaban J connectivity index is 2.44. The normalized spacial score (nSPS) is 12.2. The Hall–Kier alpha value is -0.550. The van der Waals surface area contributed by atoms with Gasteiger partial charge in [0, 0.05) is 12.7 Å². The number of nitrogens with one attached hydrogen (secondary N) is 1. The number of hydrogen-bond donors (Lipinski definition) is 1. The second-order valence-electron chi connectivity index (χ2n) is 3.89. The summed E-state index contributed by atoms with van der Waals surface area (Å²) < 4.78 is 0.368. The van der Waals surface area contributed by atoms with E-state index in [9.17, 15) is 0 Å². The molecule has 2 aromatic heterocycles. The van der Waals surface area contributed by atoms with Gasteiger partial charge < -0.3 is 9.88 Å². The van der Waals surface area contributed by atoms with Gasteiger partial charge in [0.05, 0.1) is 5.52 Å². The average molecular weight is 308 g/mol. The molecular formula is C11H13Cl3N4. The molecular weight excluding hydrogens is 295 g/mol. The molecule has 0 radical (unpaired) electrons. The van der Waals surface area contributed by atoms with Gasteiger partial charge in [0.25, 0.3) is 0 Å². The van der Waals surface area contributed by atoms with Gasteiger partial charge in [0.1, 0.15) is 0 Å². The quantitative estimate of drug-likeness (QED) is 0.697. The molecule has 7 heteroatoms. The number of aryl methyl sites for hydroxylation is 1. The highest BCUT2D eigenvalue weighted by atomic mass is 35.6. The summed E-state index contributed by atoms with van der Waals surface area (Å²) in [7, 11) is 1.91. The highest BCUT2D eigenvalue weighted by Crippen LogP contribution is 2.38. The number of halogens is 3. The molecule has 0 saturated heterocycles. The first-order chi connectivity index (χ1) is 8.54. The molecule has 1 N–H and O–H groups in total. The summed E-state index contributed by atoms with van der Waals surface area (Å²) in [5, 5.41) is 3.09. The number of aromatic nitrogens is 3. The zero-order chi connectivity index (χ0) is 13.2. The summed E-state index contributed by atoms with van der Waals surface area (Å²) in [4.78, 5) is 8.48. The van der Waals surface area contributed by atoms with Crippen LogP contribution in [0.1, 0.15) is 12.2 Å². The zero-order valence-corrected chi connectivity index (χ0v) is 12.1. The lowest BCUT2D eigenvalue weighted by Gasteiger charge is -2.14. The number of hydrogen-bond acceptors (Lipinski definition) is 3. The molecule has 4 nitrogen and oxygen atoms in total. The Morgan fingerprint density at radius 3 is 2.83 bits per heavy atom. The van der Waals surface area contributed by atoms with Crippen molar-refractivity contribution in [3.05, 3.63) is 24.2 Å². The Morgan fingerprint density at radius 1 is 1.39 bits per heavy atom. The molecule has 0 aliphatic heterocycles. The molecule has 0 aliphatic carbocycles. The number of fused-ring (bicyclic) bond motifs is 1. The molecule has 0 saturated carbocycles. The van der Waals surface area contributed by atoms with E-state index in [0.29, 0.717) is 11.5 Å². The van der Waals surface area contributed by atoms with Crippen LogP contribution in [0.5, 0.6) is 0 Å². The molecule has 98 valence electrons. The summed E-state index contributed by atoms with van der Waals surface area (Å²) in [6.45, 7) is 1.62. The fourth-order valence-corrected chi connectivity index (χ4v) is 2.25. The predicted molar refractivity (Wildman–Crippen MR) is 75.3 cm³/mol. The molecule has 0 unspecified atom stereocenters. The van der Waals surface area contributed by atoms with E-state index in [4.69, 9.17) is 34.8 Å². The number of pyridine rings is 1. The summed E-state index contributed by atoms with van der Waals surface area (Å²) in [6, 6.07) is 3.77. The summed E-state index contributed by atoms with van der Waals surface area (Å²) >= 11 is 17.9. The maximum atomic E-state index is 5.95. The van der Waals surface area contributed by atoms with Gasteiger partial charge in [0.15, 0.2) is 11.5 Å². The molecule has 0 atom stereocenters. The van der Waals surface area contributed by atoms with Gasteiger partial charge >= 0.3 is 0 Å². The van der Waals surface area contributed by atoms with Crippen LogP contribution in [0.15, 0.2) is 18.3 Å². The molecule has 2 rings (SSSR count). The highest BCUT2D eigenvalue weighted by molar-refractivity contribution is 6.66. The van der Waals surface area contributed by atoms with Crippen LogP contribution < -0.4 is 5.32 Å². The van der Waals surface area contributed by atoms with Gasteiger partial charge in [-0.2, -0.15) is 0 Å². The van der Waals surface area contributed by atoms with Crippen molar-refractivity contribution in [2.45, 2.75) is 16.8 Å². The Labute approximate surface area is 120 Å². The fraction of sp³-hybridized carbons (Fsp3) is 0.455. The largest absolute Gasteiger partial charge is 0.323 e. The lowest BCUT2D eigenvalue weighted by atomic mass is 10.4. The van der Waals surface area contributed by atoms with E-state index in [1.165, 1.54) is 0 Å². The minimum atomic E-state index is -1.54. The maximum absolute atomic E-state index is 5.95. The summed E-state index contributed by atoms with van der Waals surface area (Å²) in [5.74, 6) is 0.414. The first-order valence-corrected chi connectivity index (χ1v) is 6.70. The Kier molecular flexibility index (Phi) is 4.33. The van der Waals surface area contributed by atoms with Crippen LogP contribution in [0.25, 0.3) is 11.2 Å². The minimum Gasteiger partial charge on any atom is -0.323 e. The molecule has 0 aliphatic rings. The predicted octanol–water partition coefficient (Wildman–Crippen LogP) is 2.87. The first kappa shape index (κ1) is 13.9. The summed E-state index contributed by atoms with van der Waals surface area (Å²) in [6.07, 6.45) is 2.60. The van der Waals surface area contributed by atoms with Crippen molar-refractivity contribution in [3.8, 4) is 0 Å². The van der Waals surface area contributed by atoms with E-state index < -0.39 is 3.79 Å². The van der Waals surface area contributed by atoms with Gasteiger partial charge in [-0.05, 0) is 32.1 Å². The lowest BCUT2D eigenvalue weighted by molar-refractivity contribution is 0.605. The van der Waals surface area contributed by atoms with Crippen molar-refractivity contribution in [1.29, 1.82) is 0 Å². The van der Waals surface area contributed by atoms with Crippen molar-refractivity contribution >= 4 is 46.0 Å². The molecule has 2 aromatic rings. The number of rotatable bonds is 4. The molecule has 0 aromatic carbocycles. The lowest BCUT2D eigenvalue weighted by Crippen LogP contribution is -2.15. The van der Waals surface area contributed by atoms with Crippen LogP contribution in [0.4, 0.5) is 0 Å². The van der Waals surface area contributed by atoms with E-state index in [-0.39, 0.29) is 0 Å². The minimum absolute atomic E-state index is 0.414. The van der Waals surface area contributed by atoms with Gasteiger partial charge in [-0.1, -0.05) is 34.8 Å². The second-order valence-corrected chi connectivity index (χ2v) is 6.17. The van der Waals surface area contributed by atoms with Crippen molar-refractivity contribution in [2.24, 2.45) is 0 Å². The van der Waals surface area contributed by atoms with Crippen molar-refractivity contribution < 1.29 is 0 Å². The van der Waals surface area contributed by atoms with Gasteiger partial charge in [-0.25, -0.2) is 9.97 Å². The van der Waals surface area contributed by atoms with Crippen LogP contribution in [-0.4, -0.2) is 28.1 Å². The first-order valence-electron chi connectivity index (χ1n) is 5.57. The second kappa shape index (κ2) is 5.61. The molecule has 2 heterocycles. The smallest absolute Gasteiger partial charge is 0.248 e. The fourth-order valence-electron chi connectivity index (χ4n) is 1.82.